The minimum Gasteiger partial charge on any atom is -0.353 e. The van der Waals surface area contributed by atoms with E-state index in [4.69, 9.17) is 0 Å². The summed E-state index contributed by atoms with van der Waals surface area (Å²) in [6, 6.07) is 13.2. The average Bonchev–Trinajstić information content (AvgIpc) is 2.64. The van der Waals surface area contributed by atoms with Crippen molar-refractivity contribution in [1.29, 1.82) is 0 Å². The van der Waals surface area contributed by atoms with Crippen LogP contribution in [0.1, 0.15) is 39.0 Å². The molecule has 1 aromatic carbocycles. The highest BCUT2D eigenvalue weighted by molar-refractivity contribution is 5.76. The van der Waals surface area contributed by atoms with Crippen LogP contribution in [-0.2, 0) is 11.3 Å². The van der Waals surface area contributed by atoms with Gasteiger partial charge in [0.15, 0.2) is 0 Å². The number of carbonyl (C=O) groups excluding carboxylic acids is 1. The zero-order chi connectivity index (χ0) is 17.6. The van der Waals surface area contributed by atoms with E-state index in [0.29, 0.717) is 12.5 Å². The monoisotopic (exact) mass is 339 g/mol. The van der Waals surface area contributed by atoms with Gasteiger partial charge in [-0.1, -0.05) is 50.1 Å². The Hall–Kier alpha value is -2.43. The zero-order valence-electron chi connectivity index (χ0n) is 14.6. The van der Waals surface area contributed by atoms with Crippen LogP contribution in [0.25, 0.3) is 11.3 Å². The van der Waals surface area contributed by atoms with Gasteiger partial charge in [0.05, 0.1) is 12.2 Å². The number of aromatic nitrogens is 2. The number of carbonyl (C=O) groups is 1. The van der Waals surface area contributed by atoms with Gasteiger partial charge in [-0.25, -0.2) is 4.68 Å². The third-order valence-electron chi connectivity index (χ3n) is 4.94. The van der Waals surface area contributed by atoms with Crippen LogP contribution >= 0.6 is 0 Å². The molecule has 0 aliphatic heterocycles. The standard InChI is InChI=1S/C20H25N3O2/c1-15-7-5-6-10-17(15)21-19(24)13-14-23-20(25)12-11-18(22-23)16-8-3-2-4-9-16/h2-4,8-9,11-12,15,17H,5-7,10,13-14H2,1H3,(H,21,24)/t15-,17-/m0/s1. The molecule has 1 heterocycles. The van der Waals surface area contributed by atoms with E-state index in [2.05, 4.69) is 17.3 Å². The maximum Gasteiger partial charge on any atom is 0.266 e. The Kier molecular flexibility index (Phi) is 5.64. The lowest BCUT2D eigenvalue weighted by atomic mass is 9.86. The van der Waals surface area contributed by atoms with Crippen LogP contribution in [0.5, 0.6) is 0 Å². The molecule has 1 aromatic heterocycles. The Balaban J connectivity index is 1.62. The molecule has 1 aliphatic carbocycles. The third-order valence-corrected chi connectivity index (χ3v) is 4.94. The molecular weight excluding hydrogens is 314 g/mol. The second-order valence-corrected chi connectivity index (χ2v) is 6.83. The summed E-state index contributed by atoms with van der Waals surface area (Å²) >= 11 is 0. The lowest BCUT2D eigenvalue weighted by Crippen LogP contribution is -2.41. The van der Waals surface area contributed by atoms with Gasteiger partial charge in [0.2, 0.25) is 5.91 Å². The number of hydrogen-bond acceptors (Lipinski definition) is 3. The van der Waals surface area contributed by atoms with Crippen LogP contribution in [0.2, 0.25) is 0 Å². The van der Waals surface area contributed by atoms with E-state index in [1.54, 1.807) is 6.07 Å². The topological polar surface area (TPSA) is 64.0 Å². The highest BCUT2D eigenvalue weighted by Crippen LogP contribution is 2.23. The maximum absolute atomic E-state index is 12.2. The van der Waals surface area contributed by atoms with Crippen molar-refractivity contribution < 1.29 is 4.79 Å². The van der Waals surface area contributed by atoms with E-state index in [9.17, 15) is 9.59 Å². The smallest absolute Gasteiger partial charge is 0.266 e. The van der Waals surface area contributed by atoms with Crippen molar-refractivity contribution >= 4 is 5.91 Å². The number of rotatable bonds is 5. The highest BCUT2D eigenvalue weighted by Gasteiger charge is 2.22. The van der Waals surface area contributed by atoms with Gasteiger partial charge in [-0.3, -0.25) is 9.59 Å². The molecule has 0 radical (unpaired) electrons. The molecule has 0 spiro atoms. The Labute approximate surface area is 148 Å². The fourth-order valence-electron chi connectivity index (χ4n) is 3.39. The first-order valence-electron chi connectivity index (χ1n) is 9.06. The first kappa shape index (κ1) is 17.4. The Morgan fingerprint density at radius 3 is 2.68 bits per heavy atom. The zero-order valence-corrected chi connectivity index (χ0v) is 14.6. The van der Waals surface area contributed by atoms with Crippen molar-refractivity contribution in [2.24, 2.45) is 5.92 Å². The van der Waals surface area contributed by atoms with Gasteiger partial charge in [0.1, 0.15) is 0 Å². The number of hydrogen-bond donors (Lipinski definition) is 1. The van der Waals surface area contributed by atoms with E-state index in [1.807, 2.05) is 30.3 Å². The van der Waals surface area contributed by atoms with E-state index in [0.717, 1.165) is 17.7 Å². The van der Waals surface area contributed by atoms with Crippen LogP contribution < -0.4 is 10.9 Å². The molecule has 1 amide bonds. The molecule has 2 aromatic rings. The van der Waals surface area contributed by atoms with Gasteiger partial charge in [0, 0.05) is 24.1 Å². The summed E-state index contributed by atoms with van der Waals surface area (Å²) in [5.74, 6) is 0.525. The molecule has 1 N–H and O–H groups in total. The summed E-state index contributed by atoms with van der Waals surface area (Å²) in [5.41, 5.74) is 1.51. The van der Waals surface area contributed by atoms with Crippen LogP contribution in [0.3, 0.4) is 0 Å². The molecule has 1 fully saturated rings. The SMILES string of the molecule is C[C@H]1CCCC[C@@H]1NC(=O)CCn1nc(-c2ccccc2)ccc1=O. The van der Waals surface area contributed by atoms with Crippen LogP contribution in [0.4, 0.5) is 0 Å². The van der Waals surface area contributed by atoms with Gasteiger partial charge in [-0.2, -0.15) is 5.10 Å². The molecule has 3 rings (SSSR count). The molecule has 2 atom stereocenters. The van der Waals surface area contributed by atoms with Gasteiger partial charge in [0.25, 0.3) is 5.56 Å². The summed E-state index contributed by atoms with van der Waals surface area (Å²) in [4.78, 5) is 24.3. The predicted octanol–water partition coefficient (Wildman–Crippen LogP) is 3.00. The number of aryl methyl sites for hydroxylation is 1. The van der Waals surface area contributed by atoms with Gasteiger partial charge < -0.3 is 5.32 Å². The van der Waals surface area contributed by atoms with E-state index < -0.39 is 0 Å². The summed E-state index contributed by atoms with van der Waals surface area (Å²) in [6.07, 6.45) is 4.92. The number of nitrogens with zero attached hydrogens (tertiary/aromatic N) is 2. The number of amides is 1. The van der Waals surface area contributed by atoms with Crippen molar-refractivity contribution in [3.8, 4) is 11.3 Å². The van der Waals surface area contributed by atoms with Crippen LogP contribution in [-0.4, -0.2) is 21.7 Å². The van der Waals surface area contributed by atoms with Crippen molar-refractivity contribution in [3.63, 3.8) is 0 Å². The van der Waals surface area contributed by atoms with Crippen molar-refractivity contribution in [2.45, 2.75) is 51.6 Å². The van der Waals surface area contributed by atoms with Gasteiger partial charge in [-0.15, -0.1) is 0 Å². The minimum atomic E-state index is -0.182. The first-order valence-corrected chi connectivity index (χ1v) is 9.06. The summed E-state index contributed by atoms with van der Waals surface area (Å²) < 4.78 is 1.38. The summed E-state index contributed by atoms with van der Waals surface area (Å²) in [7, 11) is 0. The molecule has 5 heteroatoms. The van der Waals surface area contributed by atoms with Crippen LogP contribution in [0, 0.1) is 5.92 Å². The second kappa shape index (κ2) is 8.10. The quantitative estimate of drug-likeness (QED) is 0.911. The lowest BCUT2D eigenvalue weighted by molar-refractivity contribution is -0.122. The molecule has 132 valence electrons. The van der Waals surface area contributed by atoms with E-state index >= 15 is 0 Å². The largest absolute Gasteiger partial charge is 0.353 e. The Bertz CT molecular complexity index is 770. The molecule has 0 unspecified atom stereocenters. The Morgan fingerprint density at radius 1 is 1.16 bits per heavy atom. The molecule has 25 heavy (non-hydrogen) atoms. The maximum atomic E-state index is 12.2. The van der Waals surface area contributed by atoms with E-state index in [1.165, 1.54) is 30.0 Å². The molecule has 1 saturated carbocycles. The molecule has 5 nitrogen and oxygen atoms in total. The number of benzene rings is 1. The van der Waals surface area contributed by atoms with E-state index in [-0.39, 0.29) is 23.9 Å². The number of nitrogens with one attached hydrogen (secondary N) is 1. The molecule has 1 aliphatic rings. The molecular formula is C20H25N3O2. The lowest BCUT2D eigenvalue weighted by Gasteiger charge is -2.29. The van der Waals surface area contributed by atoms with Crippen LogP contribution in [0.15, 0.2) is 47.3 Å². The normalized spacial score (nSPS) is 20.2. The fraction of sp³-hybridized carbons (Fsp3) is 0.450. The van der Waals surface area contributed by atoms with Crippen molar-refractivity contribution in [2.75, 3.05) is 0 Å². The minimum absolute atomic E-state index is 0.00226. The first-order chi connectivity index (χ1) is 12.1. The summed E-state index contributed by atoms with van der Waals surface area (Å²) in [6.45, 7) is 2.49. The predicted molar refractivity (Wildman–Crippen MR) is 98.1 cm³/mol. The van der Waals surface area contributed by atoms with Crippen molar-refractivity contribution in [1.82, 2.24) is 15.1 Å². The fourth-order valence-corrected chi connectivity index (χ4v) is 3.39. The highest BCUT2D eigenvalue weighted by atomic mass is 16.2. The van der Waals surface area contributed by atoms with Crippen molar-refractivity contribution in [3.05, 3.63) is 52.8 Å². The molecule has 0 bridgehead atoms. The van der Waals surface area contributed by atoms with Gasteiger partial charge in [-0.05, 0) is 24.8 Å². The third kappa shape index (κ3) is 4.56. The molecule has 0 saturated heterocycles. The Morgan fingerprint density at radius 2 is 1.92 bits per heavy atom. The second-order valence-electron chi connectivity index (χ2n) is 6.83. The average molecular weight is 339 g/mol. The summed E-state index contributed by atoms with van der Waals surface area (Å²) in [5, 5.41) is 7.52. The van der Waals surface area contributed by atoms with Gasteiger partial charge >= 0.3 is 0 Å².